The lowest BCUT2D eigenvalue weighted by atomic mass is 9.94. The third kappa shape index (κ3) is 3.49. The van der Waals surface area contributed by atoms with E-state index in [9.17, 15) is 18.5 Å². The number of nitro benzene ring substituents is 1. The first-order valence-corrected chi connectivity index (χ1v) is 10.8. The lowest BCUT2D eigenvalue weighted by Crippen LogP contribution is -2.42. The number of hydrogen-bond donors (Lipinski definition) is 0. The normalized spacial score (nSPS) is 20.8. The Morgan fingerprint density at radius 2 is 1.79 bits per heavy atom. The molecule has 10 heteroatoms. The molecule has 2 aromatic carbocycles. The van der Waals surface area contributed by atoms with Crippen molar-refractivity contribution in [3.63, 3.8) is 0 Å². The largest absolute Gasteiger partial charge is 0.296 e. The molecule has 2 atom stereocenters. The molecule has 9 nitrogen and oxygen atoms in total. The summed E-state index contributed by atoms with van der Waals surface area (Å²) in [6, 6.07) is 11.0. The van der Waals surface area contributed by atoms with Crippen molar-refractivity contribution in [3.8, 4) is 5.69 Å². The van der Waals surface area contributed by atoms with E-state index in [0.717, 1.165) is 12.5 Å². The van der Waals surface area contributed by atoms with Crippen molar-refractivity contribution in [2.75, 3.05) is 13.1 Å². The monoisotopic (exact) mass is 415 g/mol. The van der Waals surface area contributed by atoms with Crippen LogP contribution in [0.15, 0.2) is 47.4 Å². The van der Waals surface area contributed by atoms with Crippen LogP contribution in [-0.2, 0) is 10.0 Å². The van der Waals surface area contributed by atoms with Gasteiger partial charge in [0.15, 0.2) is 0 Å². The Morgan fingerprint density at radius 1 is 1.10 bits per heavy atom. The molecular weight excluding hydrogens is 394 g/mol. The molecule has 0 aliphatic carbocycles. The molecule has 0 radical (unpaired) electrons. The SMILES string of the molecule is C[C@@H]1C[C@@H](C)CN(S(=O)(=O)c2ccc(-n3nnc4ccccc43)c([N+](=O)[O-])c2)C1. The standard InChI is InChI=1S/C19H21N5O4S/c1-13-9-14(2)12-22(11-13)29(27,28)15-7-8-18(19(10-15)24(25)26)23-17-6-4-3-5-16(17)20-21-23/h3-8,10,13-14H,9,11-12H2,1-2H3/t13-,14-/m1/s1. The van der Waals surface area contributed by atoms with Crippen LogP contribution in [0.3, 0.4) is 0 Å². The summed E-state index contributed by atoms with van der Waals surface area (Å²) >= 11 is 0. The summed E-state index contributed by atoms with van der Waals surface area (Å²) in [5.74, 6) is 0.480. The van der Waals surface area contributed by atoms with Crippen molar-refractivity contribution in [2.24, 2.45) is 11.8 Å². The van der Waals surface area contributed by atoms with Crippen molar-refractivity contribution in [1.29, 1.82) is 0 Å². The van der Waals surface area contributed by atoms with Gasteiger partial charge in [-0.15, -0.1) is 5.10 Å². The lowest BCUT2D eigenvalue weighted by molar-refractivity contribution is -0.384. The number of nitrogens with zero attached hydrogens (tertiary/aromatic N) is 5. The van der Waals surface area contributed by atoms with E-state index in [4.69, 9.17) is 0 Å². The van der Waals surface area contributed by atoms with Crippen LogP contribution in [0.25, 0.3) is 16.7 Å². The highest BCUT2D eigenvalue weighted by molar-refractivity contribution is 7.89. The summed E-state index contributed by atoms with van der Waals surface area (Å²) in [7, 11) is -3.83. The number of rotatable bonds is 4. The van der Waals surface area contributed by atoms with Crippen molar-refractivity contribution in [1.82, 2.24) is 19.3 Å². The van der Waals surface area contributed by atoms with Crippen LogP contribution in [0, 0.1) is 22.0 Å². The number of hydrogen-bond acceptors (Lipinski definition) is 6. The fraction of sp³-hybridized carbons (Fsp3) is 0.368. The van der Waals surface area contributed by atoms with Crippen LogP contribution in [0.4, 0.5) is 5.69 Å². The van der Waals surface area contributed by atoms with E-state index in [1.165, 1.54) is 21.1 Å². The zero-order chi connectivity index (χ0) is 20.8. The van der Waals surface area contributed by atoms with E-state index in [2.05, 4.69) is 10.3 Å². The lowest BCUT2D eigenvalue weighted by Gasteiger charge is -2.34. The fourth-order valence-corrected chi connectivity index (χ4v) is 5.69. The van der Waals surface area contributed by atoms with E-state index in [1.54, 1.807) is 24.3 Å². The smallest absolute Gasteiger partial charge is 0.258 e. The van der Waals surface area contributed by atoms with E-state index in [0.29, 0.717) is 24.1 Å². The van der Waals surface area contributed by atoms with Crippen LogP contribution in [0.5, 0.6) is 0 Å². The molecule has 0 unspecified atom stereocenters. The number of sulfonamides is 1. The highest BCUT2D eigenvalue weighted by atomic mass is 32.2. The van der Waals surface area contributed by atoms with Gasteiger partial charge in [-0.3, -0.25) is 10.1 Å². The summed E-state index contributed by atoms with van der Waals surface area (Å²) in [5, 5.41) is 19.8. The van der Waals surface area contributed by atoms with E-state index >= 15 is 0 Å². The molecule has 1 aliphatic heterocycles. The Bertz CT molecular complexity index is 1180. The van der Waals surface area contributed by atoms with Crippen molar-refractivity contribution in [3.05, 3.63) is 52.6 Å². The van der Waals surface area contributed by atoms with Gasteiger partial charge in [0, 0.05) is 19.2 Å². The minimum absolute atomic E-state index is 0.0846. The maximum atomic E-state index is 13.1. The summed E-state index contributed by atoms with van der Waals surface area (Å²) < 4.78 is 29.0. The summed E-state index contributed by atoms with van der Waals surface area (Å²) in [6.07, 6.45) is 0.963. The van der Waals surface area contributed by atoms with Crippen LogP contribution in [-0.4, -0.2) is 45.7 Å². The van der Waals surface area contributed by atoms with Gasteiger partial charge in [0.25, 0.3) is 5.69 Å². The molecular formula is C19H21N5O4S. The topological polar surface area (TPSA) is 111 Å². The molecule has 1 aliphatic rings. The Kier molecular flexibility index (Phi) is 4.83. The van der Waals surface area contributed by atoms with Crippen molar-refractivity contribution < 1.29 is 13.3 Å². The quantitative estimate of drug-likeness (QED) is 0.478. The van der Waals surface area contributed by atoms with Gasteiger partial charge in [0.2, 0.25) is 10.0 Å². The van der Waals surface area contributed by atoms with Crippen molar-refractivity contribution in [2.45, 2.75) is 25.2 Å². The maximum absolute atomic E-state index is 13.1. The minimum Gasteiger partial charge on any atom is -0.258 e. The van der Waals surface area contributed by atoms with Crippen molar-refractivity contribution >= 4 is 26.7 Å². The number of piperidine rings is 1. The molecule has 0 saturated carbocycles. The molecule has 152 valence electrons. The summed E-state index contributed by atoms with van der Waals surface area (Å²) in [4.78, 5) is 11.1. The van der Waals surface area contributed by atoms with Gasteiger partial charge in [-0.2, -0.15) is 4.31 Å². The zero-order valence-electron chi connectivity index (χ0n) is 16.1. The third-order valence-electron chi connectivity index (χ3n) is 5.20. The molecule has 1 aromatic heterocycles. The third-order valence-corrected chi connectivity index (χ3v) is 7.02. The van der Waals surface area contributed by atoms with Gasteiger partial charge in [-0.1, -0.05) is 31.2 Å². The first kappa shape index (κ1) is 19.5. The molecule has 2 heterocycles. The number of para-hydroxylation sites is 1. The molecule has 0 amide bonds. The molecule has 1 saturated heterocycles. The molecule has 0 bridgehead atoms. The van der Waals surface area contributed by atoms with Gasteiger partial charge < -0.3 is 0 Å². The first-order valence-electron chi connectivity index (χ1n) is 9.37. The average molecular weight is 415 g/mol. The van der Waals surface area contributed by atoms with Gasteiger partial charge in [-0.05, 0) is 42.5 Å². The Labute approximate surface area is 168 Å². The average Bonchev–Trinajstić information content (AvgIpc) is 3.10. The zero-order valence-corrected chi connectivity index (χ0v) is 16.9. The first-order chi connectivity index (χ1) is 13.8. The highest BCUT2D eigenvalue weighted by Crippen LogP contribution is 2.31. The summed E-state index contributed by atoms with van der Waals surface area (Å²) in [6.45, 7) is 4.85. The van der Waals surface area contributed by atoms with E-state index < -0.39 is 14.9 Å². The highest BCUT2D eigenvalue weighted by Gasteiger charge is 2.33. The van der Waals surface area contributed by atoms with Gasteiger partial charge in [-0.25, -0.2) is 13.1 Å². The summed E-state index contributed by atoms with van der Waals surface area (Å²) in [5.41, 5.74) is 1.03. The Morgan fingerprint density at radius 3 is 2.48 bits per heavy atom. The second-order valence-corrected chi connectivity index (χ2v) is 9.60. The number of nitro groups is 1. The molecule has 1 fully saturated rings. The molecule has 4 rings (SSSR count). The van der Waals surface area contributed by atoms with Gasteiger partial charge in [0.1, 0.15) is 11.2 Å². The Balaban J connectivity index is 1.80. The predicted molar refractivity (Wildman–Crippen MR) is 107 cm³/mol. The molecule has 0 N–H and O–H groups in total. The number of aromatic nitrogens is 3. The maximum Gasteiger partial charge on any atom is 0.296 e. The second kappa shape index (κ2) is 7.20. The molecule has 0 spiro atoms. The number of benzene rings is 2. The minimum atomic E-state index is -3.83. The van der Waals surface area contributed by atoms with Crippen LogP contribution < -0.4 is 0 Å². The Hall–Kier alpha value is -2.85. The van der Waals surface area contributed by atoms with Crippen LogP contribution in [0.2, 0.25) is 0 Å². The molecule has 29 heavy (non-hydrogen) atoms. The molecule has 3 aromatic rings. The second-order valence-electron chi connectivity index (χ2n) is 7.67. The predicted octanol–water partition coefficient (Wildman–Crippen LogP) is 3.00. The van der Waals surface area contributed by atoms with E-state index in [1.807, 2.05) is 13.8 Å². The van der Waals surface area contributed by atoms with Gasteiger partial charge >= 0.3 is 0 Å². The fourth-order valence-electron chi connectivity index (χ4n) is 3.99. The van der Waals surface area contributed by atoms with Crippen LogP contribution in [0.1, 0.15) is 20.3 Å². The number of fused-ring (bicyclic) bond motifs is 1. The van der Waals surface area contributed by atoms with Gasteiger partial charge in [0.05, 0.1) is 15.3 Å². The van der Waals surface area contributed by atoms with E-state index in [-0.39, 0.29) is 28.1 Å². The van der Waals surface area contributed by atoms with Crippen LogP contribution >= 0.6 is 0 Å².